The highest BCUT2D eigenvalue weighted by atomic mass is 16.4. The number of rotatable bonds is 4. The lowest BCUT2D eigenvalue weighted by atomic mass is 9.86. The zero-order chi connectivity index (χ0) is 12.2. The molecule has 0 aromatic rings. The summed E-state index contributed by atoms with van der Waals surface area (Å²) in [5.41, 5.74) is -0.993. The van der Waals surface area contributed by atoms with Gasteiger partial charge in [-0.15, -0.1) is 0 Å². The molecule has 1 amide bonds. The van der Waals surface area contributed by atoms with E-state index in [-0.39, 0.29) is 5.91 Å². The summed E-state index contributed by atoms with van der Waals surface area (Å²) in [7, 11) is 0. The van der Waals surface area contributed by atoms with Crippen molar-refractivity contribution in [3.05, 3.63) is 0 Å². The first-order valence-corrected chi connectivity index (χ1v) is 5.77. The fraction of sp³-hybridized carbons (Fsp3) is 0.818. The Bertz CT molecular complexity index is 272. The van der Waals surface area contributed by atoms with E-state index in [1.54, 1.807) is 0 Å². The molecule has 0 aromatic heterocycles. The number of carboxylic acids is 1. The lowest BCUT2D eigenvalue weighted by Crippen LogP contribution is -2.61. The fourth-order valence-electron chi connectivity index (χ4n) is 2.34. The summed E-state index contributed by atoms with van der Waals surface area (Å²) in [5, 5.41) is 12.5. The van der Waals surface area contributed by atoms with Crippen LogP contribution in [0.3, 0.4) is 0 Å². The largest absolute Gasteiger partial charge is 0.479 e. The molecule has 0 radical (unpaired) electrons. The van der Waals surface area contributed by atoms with Crippen molar-refractivity contribution in [2.24, 2.45) is 0 Å². The Kier molecular flexibility index (Phi) is 4.29. The predicted octanol–water partition coefficient (Wildman–Crippen LogP) is 0.452. The van der Waals surface area contributed by atoms with Crippen LogP contribution < -0.4 is 5.32 Å². The third-order valence-corrected chi connectivity index (χ3v) is 3.17. The summed E-state index contributed by atoms with van der Waals surface area (Å²) < 4.78 is 0. The highest BCUT2D eigenvalue weighted by Crippen LogP contribution is 2.27. The van der Waals surface area contributed by atoms with Crippen molar-refractivity contribution >= 4 is 11.9 Å². The molecule has 0 bridgehead atoms. The Morgan fingerprint density at radius 2 is 1.94 bits per heavy atom. The SMILES string of the molecule is CCCN(C(C)=O)C1(C(=O)O)CCNCC1. The lowest BCUT2D eigenvalue weighted by molar-refractivity contribution is -0.160. The zero-order valence-electron chi connectivity index (χ0n) is 9.95. The molecule has 1 fully saturated rings. The van der Waals surface area contributed by atoms with Gasteiger partial charge in [-0.05, 0) is 32.4 Å². The molecule has 1 saturated heterocycles. The number of carbonyl (C=O) groups is 2. The second-order valence-corrected chi connectivity index (χ2v) is 4.26. The fourth-order valence-corrected chi connectivity index (χ4v) is 2.34. The monoisotopic (exact) mass is 228 g/mol. The number of nitrogens with one attached hydrogen (secondary N) is 1. The highest BCUT2D eigenvalue weighted by Gasteiger charge is 2.45. The minimum atomic E-state index is -0.993. The standard InChI is InChI=1S/C11H20N2O3/c1-3-8-13(9(2)14)11(10(15)16)4-6-12-7-5-11/h12H,3-8H2,1-2H3,(H,15,16). The number of piperidine rings is 1. The molecule has 0 atom stereocenters. The smallest absolute Gasteiger partial charge is 0.329 e. The quantitative estimate of drug-likeness (QED) is 0.733. The van der Waals surface area contributed by atoms with E-state index in [4.69, 9.17) is 0 Å². The van der Waals surface area contributed by atoms with Crippen LogP contribution in [0.4, 0.5) is 0 Å². The predicted molar refractivity (Wildman–Crippen MR) is 60.1 cm³/mol. The van der Waals surface area contributed by atoms with E-state index in [0.717, 1.165) is 6.42 Å². The molecule has 5 heteroatoms. The number of hydrogen-bond donors (Lipinski definition) is 2. The number of carbonyl (C=O) groups excluding carboxylic acids is 1. The number of amides is 1. The zero-order valence-corrected chi connectivity index (χ0v) is 9.95. The summed E-state index contributed by atoms with van der Waals surface area (Å²) >= 11 is 0. The van der Waals surface area contributed by atoms with Crippen molar-refractivity contribution in [1.82, 2.24) is 10.2 Å². The van der Waals surface area contributed by atoms with Crippen molar-refractivity contribution in [3.8, 4) is 0 Å². The molecular formula is C11H20N2O3. The maximum absolute atomic E-state index is 11.6. The van der Waals surface area contributed by atoms with E-state index in [1.807, 2.05) is 6.92 Å². The highest BCUT2D eigenvalue weighted by molar-refractivity contribution is 5.86. The number of nitrogens with zero attached hydrogens (tertiary/aromatic N) is 1. The summed E-state index contributed by atoms with van der Waals surface area (Å²) in [6, 6.07) is 0. The normalized spacial score (nSPS) is 19.1. The van der Waals surface area contributed by atoms with Gasteiger partial charge < -0.3 is 15.3 Å². The molecule has 1 aliphatic heterocycles. The van der Waals surface area contributed by atoms with Crippen LogP contribution in [0.1, 0.15) is 33.1 Å². The molecule has 2 N–H and O–H groups in total. The van der Waals surface area contributed by atoms with Gasteiger partial charge in [0.25, 0.3) is 0 Å². The number of aliphatic carboxylic acids is 1. The maximum Gasteiger partial charge on any atom is 0.329 e. The second-order valence-electron chi connectivity index (χ2n) is 4.26. The van der Waals surface area contributed by atoms with Crippen molar-refractivity contribution in [1.29, 1.82) is 0 Å². The van der Waals surface area contributed by atoms with Crippen molar-refractivity contribution in [3.63, 3.8) is 0 Å². The molecule has 0 spiro atoms. The second kappa shape index (κ2) is 5.30. The van der Waals surface area contributed by atoms with Crippen LogP contribution in [-0.4, -0.2) is 47.1 Å². The van der Waals surface area contributed by atoms with E-state index < -0.39 is 11.5 Å². The van der Waals surface area contributed by atoms with Gasteiger partial charge in [0.05, 0.1) is 0 Å². The molecule has 1 rings (SSSR count). The molecule has 92 valence electrons. The van der Waals surface area contributed by atoms with Gasteiger partial charge in [-0.1, -0.05) is 6.92 Å². The molecule has 1 aliphatic rings. The van der Waals surface area contributed by atoms with Crippen molar-refractivity contribution in [2.45, 2.75) is 38.6 Å². The number of hydrogen-bond acceptors (Lipinski definition) is 3. The average molecular weight is 228 g/mol. The van der Waals surface area contributed by atoms with Crippen LogP contribution in [0.25, 0.3) is 0 Å². The number of carboxylic acid groups (broad SMARTS) is 1. The Hall–Kier alpha value is -1.10. The van der Waals surface area contributed by atoms with Gasteiger partial charge in [0.15, 0.2) is 0 Å². The molecular weight excluding hydrogens is 208 g/mol. The minimum absolute atomic E-state index is 0.147. The molecule has 5 nitrogen and oxygen atoms in total. The van der Waals surface area contributed by atoms with E-state index in [9.17, 15) is 14.7 Å². The first kappa shape index (κ1) is 13.0. The van der Waals surface area contributed by atoms with Gasteiger partial charge in [-0.3, -0.25) is 4.79 Å². The summed E-state index contributed by atoms with van der Waals surface area (Å²) in [5.74, 6) is -1.02. The lowest BCUT2D eigenvalue weighted by Gasteiger charge is -2.42. The van der Waals surface area contributed by atoms with Gasteiger partial charge in [0, 0.05) is 13.5 Å². The van der Waals surface area contributed by atoms with E-state index in [0.29, 0.717) is 32.5 Å². The Labute approximate surface area is 95.8 Å². The van der Waals surface area contributed by atoms with E-state index >= 15 is 0 Å². The Morgan fingerprint density at radius 1 is 1.38 bits per heavy atom. The maximum atomic E-state index is 11.6. The molecule has 1 heterocycles. The topological polar surface area (TPSA) is 69.6 Å². The van der Waals surface area contributed by atoms with Crippen molar-refractivity contribution in [2.75, 3.05) is 19.6 Å². The third-order valence-electron chi connectivity index (χ3n) is 3.17. The average Bonchev–Trinajstić information content (AvgIpc) is 2.26. The molecule has 0 saturated carbocycles. The Balaban J connectivity index is 2.96. The van der Waals surface area contributed by atoms with Crippen LogP contribution in [0.2, 0.25) is 0 Å². The molecule has 0 aliphatic carbocycles. The van der Waals surface area contributed by atoms with Gasteiger partial charge in [-0.2, -0.15) is 0 Å². The first-order valence-electron chi connectivity index (χ1n) is 5.77. The summed E-state index contributed by atoms with van der Waals surface area (Å²) in [6.07, 6.45) is 1.76. The van der Waals surface area contributed by atoms with E-state index in [2.05, 4.69) is 5.32 Å². The van der Waals surface area contributed by atoms with E-state index in [1.165, 1.54) is 11.8 Å². The van der Waals surface area contributed by atoms with Crippen LogP contribution in [0.5, 0.6) is 0 Å². The van der Waals surface area contributed by atoms with Gasteiger partial charge >= 0.3 is 5.97 Å². The van der Waals surface area contributed by atoms with Gasteiger partial charge in [0.2, 0.25) is 5.91 Å². The third kappa shape index (κ3) is 2.35. The van der Waals surface area contributed by atoms with Crippen LogP contribution in [-0.2, 0) is 9.59 Å². The minimum Gasteiger partial charge on any atom is -0.479 e. The molecule has 16 heavy (non-hydrogen) atoms. The van der Waals surface area contributed by atoms with Gasteiger partial charge in [0.1, 0.15) is 5.54 Å². The van der Waals surface area contributed by atoms with Crippen molar-refractivity contribution < 1.29 is 14.7 Å². The van der Waals surface area contributed by atoms with Gasteiger partial charge in [-0.25, -0.2) is 4.79 Å². The van der Waals surface area contributed by atoms with Crippen LogP contribution in [0.15, 0.2) is 0 Å². The van der Waals surface area contributed by atoms with Crippen LogP contribution in [0, 0.1) is 0 Å². The molecule has 0 aromatic carbocycles. The Morgan fingerprint density at radius 3 is 2.31 bits per heavy atom. The van der Waals surface area contributed by atoms with Crippen LogP contribution >= 0.6 is 0 Å². The summed E-state index contributed by atoms with van der Waals surface area (Å²) in [6.45, 7) is 5.22. The molecule has 0 unspecified atom stereocenters. The first-order chi connectivity index (χ1) is 7.54. The summed E-state index contributed by atoms with van der Waals surface area (Å²) in [4.78, 5) is 24.6.